The van der Waals surface area contributed by atoms with Crippen LogP contribution in [0.4, 0.5) is 0 Å². The van der Waals surface area contributed by atoms with E-state index in [1.165, 1.54) is 0 Å². The second-order valence-corrected chi connectivity index (χ2v) is 24.0. The molecule has 0 saturated carbocycles. The molecular weight excluding hydrogens is 332 g/mol. The van der Waals surface area contributed by atoms with E-state index in [4.69, 9.17) is 17.1 Å². The van der Waals surface area contributed by atoms with Gasteiger partial charge in [-0.05, 0) is 65.8 Å². The van der Waals surface area contributed by atoms with Crippen LogP contribution in [0.25, 0.3) is 0 Å². The van der Waals surface area contributed by atoms with Crippen molar-refractivity contribution < 1.29 is 17.1 Å². The van der Waals surface area contributed by atoms with Crippen molar-refractivity contribution >= 4 is 33.8 Å². The Bertz CT molecular complexity index is 300. The molecule has 0 aliphatic rings. The van der Waals surface area contributed by atoms with Gasteiger partial charge in [-0.2, -0.15) is 0 Å². The first-order chi connectivity index (χ1) is 8.68. The zero-order valence-electron chi connectivity index (χ0n) is 15.0. The van der Waals surface area contributed by atoms with E-state index >= 15 is 0 Å². The minimum absolute atomic E-state index is 0. The molecule has 21 heavy (non-hydrogen) atoms. The fourth-order valence-corrected chi connectivity index (χ4v) is 19.7. The average Bonchev–Trinajstić information content (AvgIpc) is 2.05. The van der Waals surface area contributed by atoms with Gasteiger partial charge >= 0.3 is 17.1 Å². The lowest BCUT2D eigenvalue weighted by atomic mass is 10.9. The minimum Gasteiger partial charge on any atom is -0.437 e. The molecular formula is C13H38O4Si4. The van der Waals surface area contributed by atoms with Crippen LogP contribution >= 0.6 is 0 Å². The topological polar surface area (TPSA) is 36.9 Å². The van der Waals surface area contributed by atoms with Gasteiger partial charge in [-0.1, -0.05) is 7.43 Å². The van der Waals surface area contributed by atoms with Crippen LogP contribution in [0.15, 0.2) is 0 Å². The Morgan fingerprint density at radius 2 is 1.10 bits per heavy atom. The number of hydrogen-bond acceptors (Lipinski definition) is 4. The summed E-state index contributed by atoms with van der Waals surface area (Å²) in [6.45, 7) is 22.2. The molecule has 0 aliphatic heterocycles. The van der Waals surface area contributed by atoms with Crippen LogP contribution in [0, 0.1) is 0 Å². The normalized spacial score (nSPS) is 16.3. The van der Waals surface area contributed by atoms with Gasteiger partial charge in [0.1, 0.15) is 0 Å². The highest BCUT2D eigenvalue weighted by Crippen LogP contribution is 2.24. The van der Waals surface area contributed by atoms with Gasteiger partial charge in [0.25, 0.3) is 0 Å². The lowest BCUT2D eigenvalue weighted by Crippen LogP contribution is -2.59. The molecule has 0 radical (unpaired) electrons. The van der Waals surface area contributed by atoms with Crippen molar-refractivity contribution in [1.29, 1.82) is 0 Å². The van der Waals surface area contributed by atoms with E-state index in [9.17, 15) is 0 Å². The van der Waals surface area contributed by atoms with Gasteiger partial charge in [-0.25, -0.2) is 0 Å². The number of ether oxygens (including phenoxy) is 1. The summed E-state index contributed by atoms with van der Waals surface area (Å²) in [4.78, 5) is 0. The van der Waals surface area contributed by atoms with Crippen molar-refractivity contribution in [2.45, 2.75) is 73.3 Å². The van der Waals surface area contributed by atoms with Crippen LogP contribution in [0.2, 0.25) is 58.9 Å². The van der Waals surface area contributed by atoms with Gasteiger partial charge in [-0.3, -0.25) is 0 Å². The van der Waals surface area contributed by atoms with Gasteiger partial charge < -0.3 is 17.1 Å². The molecule has 0 rings (SSSR count). The molecule has 1 atom stereocenters. The summed E-state index contributed by atoms with van der Waals surface area (Å²) in [5.41, 5.74) is 0. The first-order valence-electron chi connectivity index (χ1n) is 7.36. The fourth-order valence-electron chi connectivity index (χ4n) is 2.29. The zero-order valence-corrected chi connectivity index (χ0v) is 19.0. The Morgan fingerprint density at radius 3 is 1.43 bits per heavy atom. The van der Waals surface area contributed by atoms with Crippen molar-refractivity contribution in [3.8, 4) is 0 Å². The van der Waals surface area contributed by atoms with Crippen LogP contribution in [-0.2, 0) is 17.1 Å². The standard InChI is InChI=1S/C12H34O4Si4.CH4/c1-11-13-12-20(10,15-18(5,6)7)16-19(8,9)14-17(2,3)4;/h11-12H2,1-10H3;1H4. The fraction of sp³-hybridized carbons (Fsp3) is 1.00. The molecule has 0 aliphatic carbocycles. The van der Waals surface area contributed by atoms with Crippen molar-refractivity contribution in [3.63, 3.8) is 0 Å². The highest BCUT2D eigenvalue weighted by Gasteiger charge is 2.44. The Hall–Kier alpha value is 0.708. The number of hydrogen-bond donors (Lipinski definition) is 0. The maximum Gasteiger partial charge on any atom is 0.342 e. The maximum absolute atomic E-state index is 6.46. The summed E-state index contributed by atoms with van der Waals surface area (Å²) in [6.07, 6.45) is 0.583. The SMILES string of the molecule is C.CCOC[Si](C)(O[Si](C)(C)C)O[Si](C)(C)O[Si](C)(C)C. The Labute approximate surface area is 137 Å². The molecule has 0 aromatic carbocycles. The average molecular weight is 371 g/mol. The summed E-state index contributed by atoms with van der Waals surface area (Å²) >= 11 is 0. The maximum atomic E-state index is 6.46. The quantitative estimate of drug-likeness (QED) is 0.552. The van der Waals surface area contributed by atoms with Crippen LogP contribution < -0.4 is 0 Å². The van der Waals surface area contributed by atoms with E-state index in [-0.39, 0.29) is 7.43 Å². The molecule has 8 heteroatoms. The predicted molar refractivity (Wildman–Crippen MR) is 102 cm³/mol. The van der Waals surface area contributed by atoms with E-state index in [0.29, 0.717) is 12.8 Å². The predicted octanol–water partition coefficient (Wildman–Crippen LogP) is 4.69. The molecule has 1 unspecified atom stereocenters. The third-order valence-electron chi connectivity index (χ3n) is 2.10. The first kappa shape index (κ1) is 24.0. The molecule has 0 aromatic rings. The summed E-state index contributed by atoms with van der Waals surface area (Å²) in [5, 5.41) is 0. The second-order valence-electron chi connectivity index (χ2n) is 7.70. The smallest absolute Gasteiger partial charge is 0.342 e. The number of rotatable bonds is 9. The van der Waals surface area contributed by atoms with Gasteiger partial charge in [0.05, 0.1) is 6.23 Å². The largest absolute Gasteiger partial charge is 0.437 e. The molecule has 0 bridgehead atoms. The Morgan fingerprint density at radius 1 is 0.667 bits per heavy atom. The molecule has 0 N–H and O–H groups in total. The highest BCUT2D eigenvalue weighted by molar-refractivity contribution is 6.89. The highest BCUT2D eigenvalue weighted by atomic mass is 28.5. The molecule has 0 spiro atoms. The second kappa shape index (κ2) is 8.53. The lowest BCUT2D eigenvalue weighted by molar-refractivity contribution is 0.158. The van der Waals surface area contributed by atoms with Crippen molar-refractivity contribution in [3.05, 3.63) is 0 Å². The van der Waals surface area contributed by atoms with Gasteiger partial charge in [-0.15, -0.1) is 0 Å². The first-order valence-corrected chi connectivity index (χ1v) is 19.5. The third kappa shape index (κ3) is 12.9. The third-order valence-corrected chi connectivity index (χ3v) is 15.1. The van der Waals surface area contributed by atoms with E-state index in [0.717, 1.165) is 0 Å². The lowest BCUT2D eigenvalue weighted by Gasteiger charge is -2.40. The van der Waals surface area contributed by atoms with Crippen molar-refractivity contribution in [1.82, 2.24) is 0 Å². The molecule has 0 fully saturated rings. The molecule has 130 valence electrons. The molecule has 0 saturated heterocycles. The van der Waals surface area contributed by atoms with Crippen molar-refractivity contribution in [2.75, 3.05) is 12.8 Å². The van der Waals surface area contributed by atoms with Crippen LogP contribution in [0.1, 0.15) is 14.4 Å². The summed E-state index contributed by atoms with van der Waals surface area (Å²) < 4.78 is 24.8. The summed E-state index contributed by atoms with van der Waals surface area (Å²) in [6, 6.07) is 0. The zero-order chi connectivity index (χ0) is 16.2. The summed E-state index contributed by atoms with van der Waals surface area (Å²) in [5.74, 6) is 0. The molecule has 0 heterocycles. The van der Waals surface area contributed by atoms with E-state index in [2.05, 4.69) is 58.9 Å². The molecule has 4 nitrogen and oxygen atoms in total. The van der Waals surface area contributed by atoms with Crippen molar-refractivity contribution in [2.24, 2.45) is 0 Å². The van der Waals surface area contributed by atoms with Gasteiger partial charge in [0, 0.05) is 6.61 Å². The summed E-state index contributed by atoms with van der Waals surface area (Å²) in [7, 11) is -7.80. The Kier molecular flexibility index (Phi) is 9.73. The van der Waals surface area contributed by atoms with Crippen LogP contribution in [-0.4, -0.2) is 46.6 Å². The van der Waals surface area contributed by atoms with Gasteiger partial charge in [0.2, 0.25) is 0 Å². The van der Waals surface area contributed by atoms with E-state index in [1.54, 1.807) is 0 Å². The molecule has 0 aromatic heterocycles. The Balaban J connectivity index is 0. The monoisotopic (exact) mass is 370 g/mol. The minimum atomic E-state index is -2.34. The van der Waals surface area contributed by atoms with Crippen LogP contribution in [0.3, 0.4) is 0 Å². The van der Waals surface area contributed by atoms with Gasteiger partial charge in [0.15, 0.2) is 16.6 Å². The van der Waals surface area contributed by atoms with E-state index < -0.39 is 33.8 Å². The molecule has 0 amide bonds. The van der Waals surface area contributed by atoms with Crippen LogP contribution in [0.5, 0.6) is 0 Å². The van der Waals surface area contributed by atoms with E-state index in [1.807, 2.05) is 6.92 Å².